The maximum absolute atomic E-state index is 9.75. The Bertz CT molecular complexity index is 204. The third-order valence-electron chi connectivity index (χ3n) is 3.94. The molecule has 0 unspecified atom stereocenters. The van der Waals surface area contributed by atoms with Gasteiger partial charge in [-0.3, -0.25) is 0 Å². The summed E-state index contributed by atoms with van der Waals surface area (Å²) >= 11 is 0. The van der Waals surface area contributed by atoms with Gasteiger partial charge in [0.15, 0.2) is 0 Å². The zero-order chi connectivity index (χ0) is 10.2. The van der Waals surface area contributed by atoms with Crippen LogP contribution in [0.2, 0.25) is 0 Å². The quantitative estimate of drug-likeness (QED) is 0.482. The van der Waals surface area contributed by atoms with Crippen LogP contribution in [0, 0.1) is 0 Å². The highest BCUT2D eigenvalue weighted by molar-refractivity contribution is 4.85. The summed E-state index contributed by atoms with van der Waals surface area (Å²) < 4.78 is 0.735. The number of nitrogens with zero attached hydrogens (tertiary/aromatic N) is 1. The molecule has 0 amide bonds. The molecule has 2 rings (SSSR count). The minimum absolute atomic E-state index is 0.0156. The van der Waals surface area contributed by atoms with Crippen molar-refractivity contribution in [2.45, 2.75) is 37.5 Å². The zero-order valence-corrected chi connectivity index (χ0v) is 8.47. The average molecular weight is 202 g/mol. The molecule has 2 saturated heterocycles. The van der Waals surface area contributed by atoms with Crippen molar-refractivity contribution in [3.63, 3.8) is 0 Å². The Morgan fingerprint density at radius 2 is 1.71 bits per heavy atom. The van der Waals surface area contributed by atoms with Crippen LogP contribution in [0.15, 0.2) is 0 Å². The SMILES string of the molecule is OC[C@H]1[C@H](O)[C@@H](O)C[N+]12CCCCC2. The predicted octanol–water partition coefficient (Wildman–Crippen LogP) is -0.917. The van der Waals surface area contributed by atoms with Crippen molar-refractivity contribution >= 4 is 0 Å². The van der Waals surface area contributed by atoms with Gasteiger partial charge in [0.05, 0.1) is 19.7 Å². The molecule has 1 spiro atoms. The van der Waals surface area contributed by atoms with Crippen LogP contribution < -0.4 is 0 Å². The van der Waals surface area contributed by atoms with Gasteiger partial charge in [-0.05, 0) is 19.3 Å². The van der Waals surface area contributed by atoms with Crippen LogP contribution in [0.1, 0.15) is 19.3 Å². The molecule has 3 atom stereocenters. The van der Waals surface area contributed by atoms with E-state index in [0.29, 0.717) is 6.54 Å². The lowest BCUT2D eigenvalue weighted by Crippen LogP contribution is -2.58. The molecule has 0 aromatic rings. The fourth-order valence-corrected chi connectivity index (χ4v) is 3.13. The molecule has 4 heteroatoms. The standard InChI is InChI=1S/C10H20NO3/c12-7-8-10(14)9(13)6-11(8)4-2-1-3-5-11/h8-10,12-14H,1-7H2/q+1/t8-,9-,10-/m0/s1. The summed E-state index contributed by atoms with van der Waals surface area (Å²) in [4.78, 5) is 0. The summed E-state index contributed by atoms with van der Waals surface area (Å²) in [5.41, 5.74) is 0. The fraction of sp³-hybridized carbons (Fsp3) is 1.00. The number of rotatable bonds is 1. The van der Waals surface area contributed by atoms with Crippen molar-refractivity contribution in [2.75, 3.05) is 26.2 Å². The Morgan fingerprint density at radius 3 is 2.29 bits per heavy atom. The first-order valence-corrected chi connectivity index (χ1v) is 5.52. The second kappa shape index (κ2) is 3.77. The second-order valence-electron chi connectivity index (χ2n) is 4.72. The third-order valence-corrected chi connectivity index (χ3v) is 3.94. The first-order chi connectivity index (χ1) is 6.69. The Labute approximate surface area is 84.4 Å². The van der Waals surface area contributed by atoms with Crippen molar-refractivity contribution in [1.29, 1.82) is 0 Å². The van der Waals surface area contributed by atoms with Gasteiger partial charge in [-0.1, -0.05) is 0 Å². The molecule has 14 heavy (non-hydrogen) atoms. The van der Waals surface area contributed by atoms with Crippen LogP contribution in [0.4, 0.5) is 0 Å². The van der Waals surface area contributed by atoms with E-state index in [9.17, 15) is 15.3 Å². The molecule has 82 valence electrons. The van der Waals surface area contributed by atoms with Gasteiger partial charge in [-0.15, -0.1) is 0 Å². The van der Waals surface area contributed by atoms with Crippen LogP contribution in [0.3, 0.4) is 0 Å². The van der Waals surface area contributed by atoms with Gasteiger partial charge in [-0.2, -0.15) is 0 Å². The number of piperidine rings is 1. The molecule has 0 aromatic carbocycles. The zero-order valence-electron chi connectivity index (χ0n) is 8.47. The van der Waals surface area contributed by atoms with Gasteiger partial charge in [-0.25, -0.2) is 0 Å². The molecule has 2 aliphatic rings. The molecule has 0 aromatic heterocycles. The van der Waals surface area contributed by atoms with E-state index in [1.165, 1.54) is 6.42 Å². The summed E-state index contributed by atoms with van der Waals surface area (Å²) in [5.74, 6) is 0. The van der Waals surface area contributed by atoms with E-state index in [1.807, 2.05) is 0 Å². The summed E-state index contributed by atoms with van der Waals surface area (Å²) in [7, 11) is 0. The summed E-state index contributed by atoms with van der Waals surface area (Å²) in [6.45, 7) is 2.60. The van der Waals surface area contributed by atoms with Crippen LogP contribution in [0.25, 0.3) is 0 Å². The largest absolute Gasteiger partial charge is 0.390 e. The number of hydrogen-bond donors (Lipinski definition) is 3. The molecule has 0 bridgehead atoms. The first-order valence-electron chi connectivity index (χ1n) is 5.52. The monoisotopic (exact) mass is 202 g/mol. The fourth-order valence-electron chi connectivity index (χ4n) is 3.13. The molecular formula is C10H20NO3+. The van der Waals surface area contributed by atoms with Crippen LogP contribution in [-0.2, 0) is 0 Å². The summed E-state index contributed by atoms with van der Waals surface area (Å²) in [6, 6.07) is -0.162. The Morgan fingerprint density at radius 1 is 1.07 bits per heavy atom. The van der Waals surface area contributed by atoms with E-state index >= 15 is 0 Å². The van der Waals surface area contributed by atoms with Crippen LogP contribution in [0.5, 0.6) is 0 Å². The topological polar surface area (TPSA) is 60.7 Å². The average Bonchev–Trinajstić information content (AvgIpc) is 2.40. The van der Waals surface area contributed by atoms with E-state index in [4.69, 9.17) is 0 Å². The van der Waals surface area contributed by atoms with E-state index in [1.54, 1.807) is 0 Å². The van der Waals surface area contributed by atoms with Gasteiger partial charge in [0, 0.05) is 0 Å². The highest BCUT2D eigenvalue weighted by Crippen LogP contribution is 2.31. The number of quaternary nitrogens is 1. The van der Waals surface area contributed by atoms with E-state index in [-0.39, 0.29) is 12.6 Å². The molecule has 0 saturated carbocycles. The van der Waals surface area contributed by atoms with Gasteiger partial charge >= 0.3 is 0 Å². The van der Waals surface area contributed by atoms with Crippen LogP contribution in [-0.4, -0.2) is 64.3 Å². The molecule has 0 aliphatic carbocycles. The highest BCUT2D eigenvalue weighted by atomic mass is 16.3. The van der Waals surface area contributed by atoms with Crippen molar-refractivity contribution < 1.29 is 19.8 Å². The number of hydrogen-bond acceptors (Lipinski definition) is 3. The van der Waals surface area contributed by atoms with E-state index < -0.39 is 12.2 Å². The maximum Gasteiger partial charge on any atom is 0.141 e. The summed E-state index contributed by atoms with van der Waals surface area (Å²) in [6.07, 6.45) is 2.15. The molecule has 4 nitrogen and oxygen atoms in total. The van der Waals surface area contributed by atoms with Crippen molar-refractivity contribution in [2.24, 2.45) is 0 Å². The lowest BCUT2D eigenvalue weighted by Gasteiger charge is -2.42. The van der Waals surface area contributed by atoms with Gasteiger partial charge in [0.1, 0.15) is 24.8 Å². The Kier molecular flexibility index (Phi) is 2.79. The Balaban J connectivity index is 2.16. The predicted molar refractivity (Wildman–Crippen MR) is 51.6 cm³/mol. The van der Waals surface area contributed by atoms with Crippen molar-refractivity contribution in [3.05, 3.63) is 0 Å². The van der Waals surface area contributed by atoms with E-state index in [2.05, 4.69) is 0 Å². The van der Waals surface area contributed by atoms with Gasteiger partial charge in [0.25, 0.3) is 0 Å². The molecule has 2 aliphatic heterocycles. The molecule has 2 fully saturated rings. The lowest BCUT2D eigenvalue weighted by molar-refractivity contribution is -0.946. The molecule has 0 radical (unpaired) electrons. The first kappa shape index (κ1) is 10.4. The minimum atomic E-state index is -0.738. The molecule has 3 N–H and O–H groups in total. The Hall–Kier alpha value is -0.160. The third kappa shape index (κ3) is 1.46. The minimum Gasteiger partial charge on any atom is -0.390 e. The van der Waals surface area contributed by atoms with Crippen LogP contribution >= 0.6 is 0 Å². The van der Waals surface area contributed by atoms with Crippen molar-refractivity contribution in [1.82, 2.24) is 0 Å². The highest BCUT2D eigenvalue weighted by Gasteiger charge is 2.52. The molecular weight excluding hydrogens is 182 g/mol. The van der Waals surface area contributed by atoms with Crippen molar-refractivity contribution in [3.8, 4) is 0 Å². The summed E-state index contributed by atoms with van der Waals surface area (Å²) in [5, 5.41) is 28.7. The second-order valence-corrected chi connectivity index (χ2v) is 4.72. The van der Waals surface area contributed by atoms with Gasteiger partial charge in [0.2, 0.25) is 0 Å². The lowest BCUT2D eigenvalue weighted by atomic mass is 10.0. The maximum atomic E-state index is 9.75. The van der Waals surface area contributed by atoms with Gasteiger partial charge < -0.3 is 19.8 Å². The van der Waals surface area contributed by atoms with E-state index in [0.717, 1.165) is 30.4 Å². The normalized spacial score (nSPS) is 41.8. The number of aliphatic hydroxyl groups is 3. The molecule has 2 heterocycles. The number of aliphatic hydroxyl groups excluding tert-OH is 3. The smallest absolute Gasteiger partial charge is 0.141 e.